The summed E-state index contributed by atoms with van der Waals surface area (Å²) in [5.74, 6) is 1.15. The Morgan fingerprint density at radius 1 is 1.13 bits per heavy atom. The predicted molar refractivity (Wildman–Crippen MR) is 138 cm³/mol. The molecule has 3 aromatic heterocycles. The monoisotopic (exact) mass is 517 g/mol. The third-order valence-corrected chi connectivity index (χ3v) is 7.08. The first kappa shape index (κ1) is 24.3. The zero-order valence-corrected chi connectivity index (χ0v) is 21.4. The van der Waals surface area contributed by atoms with Crippen LogP contribution in [0.5, 0.6) is 5.75 Å². The van der Waals surface area contributed by atoms with Crippen LogP contribution >= 0.6 is 0 Å². The van der Waals surface area contributed by atoms with Gasteiger partial charge in [-0.1, -0.05) is 6.07 Å². The Bertz CT molecular complexity index is 1580. The Labute approximate surface area is 218 Å². The van der Waals surface area contributed by atoms with Crippen LogP contribution in [0.2, 0.25) is 0 Å². The number of aromatic amines is 1. The van der Waals surface area contributed by atoms with Gasteiger partial charge < -0.3 is 13.9 Å². The van der Waals surface area contributed by atoms with E-state index in [4.69, 9.17) is 13.9 Å². The van der Waals surface area contributed by atoms with Gasteiger partial charge in [0, 0.05) is 62.1 Å². The lowest BCUT2D eigenvalue weighted by Crippen LogP contribution is -2.42. The van der Waals surface area contributed by atoms with Gasteiger partial charge in [-0.2, -0.15) is 10.2 Å². The molecule has 0 radical (unpaired) electrons. The number of nitrogens with one attached hydrogen (secondary N) is 1. The van der Waals surface area contributed by atoms with Gasteiger partial charge in [0.2, 0.25) is 11.8 Å². The molecule has 1 aliphatic heterocycles. The number of nitrogens with zero attached hydrogens (tertiary/aromatic N) is 6. The molecular weight excluding hydrogens is 489 g/mol. The molecule has 1 fully saturated rings. The topological polar surface area (TPSA) is 107 Å². The minimum absolute atomic E-state index is 0.0498. The van der Waals surface area contributed by atoms with Crippen LogP contribution in [0.3, 0.4) is 0 Å². The maximum absolute atomic E-state index is 14.6. The van der Waals surface area contributed by atoms with Crippen molar-refractivity contribution in [1.82, 2.24) is 35.1 Å². The largest absolute Gasteiger partial charge is 0.496 e. The van der Waals surface area contributed by atoms with Crippen LogP contribution in [0.15, 0.2) is 53.2 Å². The molecule has 0 amide bonds. The molecule has 2 unspecified atom stereocenters. The number of H-pyrrole nitrogens is 1. The van der Waals surface area contributed by atoms with Crippen LogP contribution in [0.25, 0.3) is 33.6 Å². The van der Waals surface area contributed by atoms with E-state index in [1.807, 2.05) is 31.4 Å². The first-order chi connectivity index (χ1) is 18.5. The zero-order valence-electron chi connectivity index (χ0n) is 21.4. The molecule has 0 spiro atoms. The fourth-order valence-electron chi connectivity index (χ4n) is 5.15. The van der Waals surface area contributed by atoms with Crippen LogP contribution in [0.1, 0.15) is 23.8 Å². The molecule has 0 saturated carbocycles. The van der Waals surface area contributed by atoms with Gasteiger partial charge in [0.15, 0.2) is 0 Å². The van der Waals surface area contributed by atoms with E-state index in [9.17, 15) is 4.39 Å². The summed E-state index contributed by atoms with van der Waals surface area (Å²) in [6.07, 6.45) is 4.39. The van der Waals surface area contributed by atoms with E-state index >= 15 is 0 Å². The standard InChI is InChI=1S/C27H28FN7O3/c1-34-12-18(11-29-34)25-20-10-16(7-8-23(20)30-31-25)26-32-33-27(38-26)17-9-19(36-2)14-35(13-17)15-21-22(28)5-4-6-24(21)37-3/h4-8,10-12,17,19H,9,13-15H2,1-3H3,(H,30,31). The zero-order chi connectivity index (χ0) is 26.2. The number of hydrogen-bond acceptors (Lipinski definition) is 8. The number of benzene rings is 2. The number of likely N-dealkylation sites (tertiary alicyclic amines) is 1. The lowest BCUT2D eigenvalue weighted by atomic mass is 9.95. The Balaban J connectivity index is 1.26. The first-order valence-electron chi connectivity index (χ1n) is 12.4. The molecule has 5 aromatic rings. The number of methoxy groups -OCH3 is 2. The van der Waals surface area contributed by atoms with Gasteiger partial charge in [-0.3, -0.25) is 14.7 Å². The van der Waals surface area contributed by atoms with Gasteiger partial charge >= 0.3 is 0 Å². The van der Waals surface area contributed by atoms with Crippen molar-refractivity contribution in [3.05, 3.63) is 66.1 Å². The van der Waals surface area contributed by atoms with Crippen molar-refractivity contribution in [3.8, 4) is 28.5 Å². The van der Waals surface area contributed by atoms with Crippen LogP contribution in [0, 0.1) is 5.82 Å². The maximum Gasteiger partial charge on any atom is 0.247 e. The molecule has 10 nitrogen and oxygen atoms in total. The lowest BCUT2D eigenvalue weighted by Gasteiger charge is -2.36. The van der Waals surface area contributed by atoms with Crippen molar-refractivity contribution in [2.45, 2.75) is 25.0 Å². The number of aryl methyl sites for hydroxylation is 1. The van der Waals surface area contributed by atoms with Gasteiger partial charge in [0.1, 0.15) is 17.3 Å². The van der Waals surface area contributed by atoms with Gasteiger partial charge in [-0.15, -0.1) is 10.2 Å². The fraction of sp³-hybridized carbons (Fsp3) is 0.333. The Kier molecular flexibility index (Phi) is 6.38. The summed E-state index contributed by atoms with van der Waals surface area (Å²) in [5.41, 5.74) is 3.96. The number of fused-ring (bicyclic) bond motifs is 1. The molecule has 0 aliphatic carbocycles. The third-order valence-electron chi connectivity index (χ3n) is 7.08. The molecule has 1 aliphatic rings. The summed E-state index contributed by atoms with van der Waals surface area (Å²) < 4.78 is 33.7. The highest BCUT2D eigenvalue weighted by Gasteiger charge is 2.32. The third kappa shape index (κ3) is 4.54. The molecule has 2 aromatic carbocycles. The number of piperidine rings is 1. The smallest absolute Gasteiger partial charge is 0.247 e. The van der Waals surface area contributed by atoms with Crippen LogP contribution < -0.4 is 4.74 Å². The normalized spacial score (nSPS) is 18.3. The number of ether oxygens (including phenoxy) is 2. The second-order valence-corrected chi connectivity index (χ2v) is 9.59. The Morgan fingerprint density at radius 2 is 2.03 bits per heavy atom. The van der Waals surface area contributed by atoms with Crippen molar-refractivity contribution < 1.29 is 18.3 Å². The summed E-state index contributed by atoms with van der Waals surface area (Å²) in [6.45, 7) is 1.69. The number of aromatic nitrogens is 6. The second-order valence-electron chi connectivity index (χ2n) is 9.59. The minimum atomic E-state index is -0.291. The van der Waals surface area contributed by atoms with Gasteiger partial charge in [-0.25, -0.2) is 4.39 Å². The fourth-order valence-corrected chi connectivity index (χ4v) is 5.15. The van der Waals surface area contributed by atoms with E-state index < -0.39 is 0 Å². The minimum Gasteiger partial charge on any atom is -0.496 e. The molecule has 6 rings (SSSR count). The van der Waals surface area contributed by atoms with Crippen LogP contribution in [-0.2, 0) is 18.3 Å². The van der Waals surface area contributed by atoms with Gasteiger partial charge in [0.25, 0.3) is 0 Å². The molecule has 4 heterocycles. The molecule has 0 bridgehead atoms. The Morgan fingerprint density at radius 3 is 2.82 bits per heavy atom. The summed E-state index contributed by atoms with van der Waals surface area (Å²) in [5, 5.41) is 21.5. The molecule has 11 heteroatoms. The van der Waals surface area contributed by atoms with Crippen LogP contribution in [0.4, 0.5) is 4.39 Å². The highest BCUT2D eigenvalue weighted by atomic mass is 19.1. The van der Waals surface area contributed by atoms with Crippen molar-refractivity contribution in [2.24, 2.45) is 7.05 Å². The van der Waals surface area contributed by atoms with E-state index in [-0.39, 0.29) is 17.8 Å². The van der Waals surface area contributed by atoms with Crippen molar-refractivity contribution >= 4 is 10.9 Å². The SMILES string of the molecule is COc1cccc(F)c1CN1CC(OC)CC(c2nnc(-c3ccc4[nH]nc(-c5cnn(C)c5)c4c3)o2)C1. The summed E-state index contributed by atoms with van der Waals surface area (Å²) in [7, 11) is 5.11. The van der Waals surface area contributed by atoms with Gasteiger partial charge in [-0.05, 0) is 36.8 Å². The molecule has 2 atom stereocenters. The van der Waals surface area contributed by atoms with E-state index in [0.29, 0.717) is 42.7 Å². The predicted octanol–water partition coefficient (Wildman–Crippen LogP) is 4.17. The van der Waals surface area contributed by atoms with Crippen molar-refractivity contribution in [2.75, 3.05) is 27.3 Å². The van der Waals surface area contributed by atoms with E-state index in [2.05, 4.69) is 30.4 Å². The van der Waals surface area contributed by atoms with E-state index in [0.717, 1.165) is 34.1 Å². The van der Waals surface area contributed by atoms with Crippen LogP contribution in [-0.4, -0.2) is 68.5 Å². The average Bonchev–Trinajstić information content (AvgIpc) is 3.69. The maximum atomic E-state index is 14.6. The Hall–Kier alpha value is -4.09. The first-order valence-corrected chi connectivity index (χ1v) is 12.4. The van der Waals surface area contributed by atoms with Gasteiger partial charge in [0.05, 0.1) is 30.8 Å². The average molecular weight is 518 g/mol. The second kappa shape index (κ2) is 9.99. The summed E-state index contributed by atoms with van der Waals surface area (Å²) in [6, 6.07) is 10.7. The highest BCUT2D eigenvalue weighted by molar-refractivity contribution is 5.94. The number of halogens is 1. The quantitative estimate of drug-likeness (QED) is 0.343. The van der Waals surface area contributed by atoms with E-state index in [1.165, 1.54) is 6.07 Å². The molecular formula is C27H28FN7O3. The van der Waals surface area contributed by atoms with Crippen molar-refractivity contribution in [1.29, 1.82) is 0 Å². The number of rotatable bonds is 7. The molecule has 1 N–H and O–H groups in total. The number of hydrogen-bond donors (Lipinski definition) is 1. The molecule has 196 valence electrons. The van der Waals surface area contributed by atoms with E-state index in [1.54, 1.807) is 37.2 Å². The summed E-state index contributed by atoms with van der Waals surface area (Å²) >= 11 is 0. The molecule has 38 heavy (non-hydrogen) atoms. The lowest BCUT2D eigenvalue weighted by molar-refractivity contribution is 0.0148. The molecule has 1 saturated heterocycles. The summed E-state index contributed by atoms with van der Waals surface area (Å²) in [4.78, 5) is 2.14. The highest BCUT2D eigenvalue weighted by Crippen LogP contribution is 2.34. The van der Waals surface area contributed by atoms with Crippen molar-refractivity contribution in [3.63, 3.8) is 0 Å².